The van der Waals surface area contributed by atoms with Crippen molar-refractivity contribution in [2.75, 3.05) is 39.3 Å². The number of methoxy groups -OCH3 is 1. The van der Waals surface area contributed by atoms with E-state index >= 15 is 0 Å². The minimum atomic E-state index is -0.0251. The quantitative estimate of drug-likeness (QED) is 0.582. The maximum Gasteiger partial charge on any atom is 0.277 e. The smallest absolute Gasteiger partial charge is 0.277 e. The van der Waals surface area contributed by atoms with E-state index in [2.05, 4.69) is 0 Å². The number of hydrogen-bond acceptors (Lipinski definition) is 5. The van der Waals surface area contributed by atoms with Gasteiger partial charge >= 0.3 is 0 Å². The number of aliphatic hydroxyl groups excluding tert-OH is 1. The molecule has 0 aromatic heterocycles. The largest absolute Gasteiger partial charge is 0.496 e. The second-order valence-corrected chi connectivity index (χ2v) is 7.77. The molecule has 1 saturated carbocycles. The van der Waals surface area contributed by atoms with Crippen LogP contribution in [0.4, 0.5) is 5.69 Å². The number of hydrogen-bond donors (Lipinski definition) is 1. The number of benzene rings is 1. The lowest BCUT2D eigenvalue weighted by molar-refractivity contribution is -0.124. The Hall–Kier alpha value is -2.12. The van der Waals surface area contributed by atoms with Crippen LogP contribution in [0.3, 0.4) is 0 Å². The van der Waals surface area contributed by atoms with Crippen molar-refractivity contribution in [3.63, 3.8) is 0 Å². The van der Waals surface area contributed by atoms with Crippen LogP contribution in [0.15, 0.2) is 23.9 Å². The van der Waals surface area contributed by atoms with Crippen LogP contribution in [-0.2, 0) is 4.79 Å². The third-order valence-corrected chi connectivity index (χ3v) is 6.09. The lowest BCUT2D eigenvalue weighted by Gasteiger charge is -2.30. The van der Waals surface area contributed by atoms with Crippen LogP contribution in [0.25, 0.3) is 6.08 Å². The summed E-state index contributed by atoms with van der Waals surface area (Å²) in [6, 6.07) is 6.01. The third-order valence-electron chi connectivity index (χ3n) is 5.62. The first-order chi connectivity index (χ1) is 13.5. The first-order valence-electron chi connectivity index (χ1n) is 9.81. The molecule has 1 N–H and O–H groups in total. The Morgan fingerprint density at radius 1 is 1.32 bits per heavy atom. The molecule has 0 radical (unpaired) electrons. The molecule has 2 fully saturated rings. The van der Waals surface area contributed by atoms with E-state index in [4.69, 9.17) is 22.1 Å². The van der Waals surface area contributed by atoms with Gasteiger partial charge in [0.25, 0.3) is 5.91 Å². The molecule has 0 spiro atoms. The molecule has 0 bridgehead atoms. The highest BCUT2D eigenvalue weighted by atomic mass is 32.1. The Morgan fingerprint density at radius 2 is 2.04 bits per heavy atom. The zero-order chi connectivity index (χ0) is 20.3. The molecule has 1 aromatic rings. The van der Waals surface area contributed by atoms with Crippen molar-refractivity contribution >= 4 is 35.0 Å². The molecule has 1 aliphatic carbocycles. The van der Waals surface area contributed by atoms with Gasteiger partial charge in [-0.25, -0.2) is 0 Å². The molecule has 0 unspecified atom stereocenters. The zero-order valence-corrected chi connectivity index (χ0v) is 17.7. The van der Waals surface area contributed by atoms with Gasteiger partial charge in [0.15, 0.2) is 5.11 Å². The molecule has 0 atom stereocenters. The lowest BCUT2D eigenvalue weighted by Crippen LogP contribution is -2.41. The molecule has 1 amide bonds. The van der Waals surface area contributed by atoms with Crippen molar-refractivity contribution in [1.29, 1.82) is 0 Å². The Bertz CT molecular complexity index is 774. The molecule has 2 aliphatic rings. The van der Waals surface area contributed by atoms with Gasteiger partial charge in [0, 0.05) is 44.0 Å². The maximum absolute atomic E-state index is 13.1. The molecule has 1 saturated heterocycles. The first kappa shape index (κ1) is 20.6. The summed E-state index contributed by atoms with van der Waals surface area (Å²) in [7, 11) is 5.38. The van der Waals surface area contributed by atoms with Crippen LogP contribution < -0.4 is 9.64 Å². The van der Waals surface area contributed by atoms with Gasteiger partial charge in [-0.05, 0) is 43.3 Å². The van der Waals surface area contributed by atoms with Crippen LogP contribution in [0.2, 0.25) is 0 Å². The van der Waals surface area contributed by atoms with Crippen molar-refractivity contribution in [2.24, 2.45) is 0 Å². The van der Waals surface area contributed by atoms with E-state index in [0.717, 1.165) is 36.9 Å². The standard InChI is InChI=1S/C21H29N3O3S/c1-22(11-12-25)17-10-9-15(19(14-17)27-3)13-18-20(26)24(21(28)23(18)2)16-7-5-4-6-8-16/h9-10,13-14,16,25H,4-8,11-12H2,1-3H3/b18-13+. The molecular weight excluding hydrogens is 374 g/mol. The van der Waals surface area contributed by atoms with Crippen molar-refractivity contribution in [3.05, 3.63) is 29.5 Å². The van der Waals surface area contributed by atoms with Gasteiger partial charge in [-0.2, -0.15) is 0 Å². The van der Waals surface area contributed by atoms with Gasteiger partial charge in [0.2, 0.25) is 0 Å². The molecule has 1 aromatic carbocycles. The van der Waals surface area contributed by atoms with Gasteiger partial charge in [0.05, 0.1) is 13.7 Å². The minimum absolute atomic E-state index is 0.0251. The number of amides is 1. The predicted octanol–water partition coefficient (Wildman–Crippen LogP) is 2.86. The summed E-state index contributed by atoms with van der Waals surface area (Å²) in [5.41, 5.74) is 2.34. The lowest BCUT2D eigenvalue weighted by atomic mass is 9.94. The van der Waals surface area contributed by atoms with Crippen LogP contribution in [0.5, 0.6) is 5.75 Å². The van der Waals surface area contributed by atoms with E-state index < -0.39 is 0 Å². The summed E-state index contributed by atoms with van der Waals surface area (Å²) in [4.78, 5) is 18.7. The van der Waals surface area contributed by atoms with Crippen LogP contribution in [0.1, 0.15) is 37.7 Å². The highest BCUT2D eigenvalue weighted by Crippen LogP contribution is 2.33. The number of likely N-dealkylation sites (N-methyl/N-ethyl adjacent to an activating group) is 2. The van der Waals surface area contributed by atoms with Gasteiger partial charge in [-0.1, -0.05) is 19.3 Å². The summed E-state index contributed by atoms with van der Waals surface area (Å²) in [5.74, 6) is 0.654. The summed E-state index contributed by atoms with van der Waals surface area (Å²) in [6.07, 6.45) is 7.42. The van der Waals surface area contributed by atoms with E-state index in [9.17, 15) is 4.79 Å². The average Bonchev–Trinajstić information content (AvgIpc) is 2.92. The number of aliphatic hydroxyl groups is 1. The van der Waals surface area contributed by atoms with E-state index in [0.29, 0.717) is 23.1 Å². The Kier molecular flexibility index (Phi) is 6.57. The summed E-state index contributed by atoms with van der Waals surface area (Å²) < 4.78 is 5.56. The van der Waals surface area contributed by atoms with E-state index in [1.54, 1.807) is 16.9 Å². The number of rotatable bonds is 6. The van der Waals surface area contributed by atoms with Crippen LogP contribution >= 0.6 is 12.2 Å². The number of thiocarbonyl (C=S) groups is 1. The fourth-order valence-electron chi connectivity index (χ4n) is 3.92. The maximum atomic E-state index is 13.1. The molecule has 1 aliphatic heterocycles. The van der Waals surface area contributed by atoms with E-state index in [1.165, 1.54) is 6.42 Å². The number of ether oxygens (including phenoxy) is 1. The number of anilines is 1. The predicted molar refractivity (Wildman–Crippen MR) is 115 cm³/mol. The molecule has 152 valence electrons. The summed E-state index contributed by atoms with van der Waals surface area (Å²) >= 11 is 5.59. The number of carbonyl (C=O) groups excluding carboxylic acids is 1. The topological polar surface area (TPSA) is 56.3 Å². The fourth-order valence-corrected chi connectivity index (χ4v) is 4.25. The van der Waals surface area contributed by atoms with Crippen molar-refractivity contribution in [3.8, 4) is 5.75 Å². The highest BCUT2D eigenvalue weighted by molar-refractivity contribution is 7.80. The molecule has 3 rings (SSSR count). The SMILES string of the molecule is COc1cc(N(C)CCO)ccc1/C=C1\C(=O)N(C2CCCCC2)C(=S)N1C. The van der Waals surface area contributed by atoms with Crippen molar-refractivity contribution in [1.82, 2.24) is 9.80 Å². The summed E-state index contributed by atoms with van der Waals surface area (Å²) in [6.45, 7) is 0.619. The molecular formula is C21H29N3O3S. The van der Waals surface area contributed by atoms with Crippen molar-refractivity contribution in [2.45, 2.75) is 38.1 Å². The monoisotopic (exact) mass is 403 g/mol. The highest BCUT2D eigenvalue weighted by Gasteiger charge is 2.40. The molecule has 7 heteroatoms. The first-order valence-corrected chi connectivity index (χ1v) is 10.2. The molecule has 1 heterocycles. The number of carbonyl (C=O) groups is 1. The van der Waals surface area contributed by atoms with Gasteiger partial charge in [0.1, 0.15) is 11.4 Å². The molecule has 6 nitrogen and oxygen atoms in total. The average molecular weight is 404 g/mol. The number of nitrogens with zero attached hydrogens (tertiary/aromatic N) is 3. The van der Waals surface area contributed by atoms with Crippen LogP contribution in [-0.4, -0.2) is 66.3 Å². The van der Waals surface area contributed by atoms with Gasteiger partial charge < -0.3 is 19.6 Å². The van der Waals surface area contributed by atoms with Gasteiger partial charge in [-0.15, -0.1) is 0 Å². The van der Waals surface area contributed by atoms with Gasteiger partial charge in [-0.3, -0.25) is 9.69 Å². The Balaban J connectivity index is 1.89. The minimum Gasteiger partial charge on any atom is -0.496 e. The second kappa shape index (κ2) is 8.92. The van der Waals surface area contributed by atoms with Crippen molar-refractivity contribution < 1.29 is 14.6 Å². The fraction of sp³-hybridized carbons (Fsp3) is 0.524. The normalized spacial score (nSPS) is 19.6. The Morgan fingerprint density at radius 3 is 2.68 bits per heavy atom. The van der Waals surface area contributed by atoms with E-state index in [-0.39, 0.29) is 18.6 Å². The van der Waals surface area contributed by atoms with E-state index in [1.807, 2.05) is 43.3 Å². The van der Waals surface area contributed by atoms with Crippen LogP contribution in [0, 0.1) is 0 Å². The Labute approximate surface area is 172 Å². The molecule has 28 heavy (non-hydrogen) atoms. The third kappa shape index (κ3) is 4.00. The zero-order valence-electron chi connectivity index (χ0n) is 16.9. The summed E-state index contributed by atoms with van der Waals surface area (Å²) in [5, 5.41) is 9.73. The second-order valence-electron chi connectivity index (χ2n) is 7.41.